The van der Waals surface area contributed by atoms with Crippen LogP contribution in [0.3, 0.4) is 0 Å². The van der Waals surface area contributed by atoms with Gasteiger partial charge < -0.3 is 14.8 Å². The summed E-state index contributed by atoms with van der Waals surface area (Å²) in [7, 11) is 1.68. The van der Waals surface area contributed by atoms with Gasteiger partial charge in [-0.15, -0.1) is 0 Å². The third kappa shape index (κ3) is 7.32. The number of nitro groups is 1. The highest BCUT2D eigenvalue weighted by Crippen LogP contribution is 2.29. The van der Waals surface area contributed by atoms with Gasteiger partial charge in [0.2, 0.25) is 0 Å². The second-order valence-corrected chi connectivity index (χ2v) is 8.05. The molecule has 0 radical (unpaired) electrons. The van der Waals surface area contributed by atoms with Gasteiger partial charge in [-0.1, -0.05) is 61.9 Å². The zero-order chi connectivity index (χ0) is 23.5. The molecule has 1 N–H and O–H groups in total. The topological polar surface area (TPSA) is 73.6 Å². The predicted octanol–water partition coefficient (Wildman–Crippen LogP) is 5.90. The highest BCUT2D eigenvalue weighted by atomic mass is 16.6. The second kappa shape index (κ2) is 12.6. The molecule has 1 unspecified atom stereocenters. The molecule has 0 fully saturated rings. The molecule has 0 heterocycles. The van der Waals surface area contributed by atoms with E-state index in [1.807, 2.05) is 48.5 Å². The number of nitrogens with one attached hydrogen (secondary N) is 1. The van der Waals surface area contributed by atoms with Crippen LogP contribution in [0.1, 0.15) is 42.4 Å². The van der Waals surface area contributed by atoms with E-state index >= 15 is 0 Å². The van der Waals surface area contributed by atoms with Crippen molar-refractivity contribution in [3.8, 4) is 11.5 Å². The zero-order valence-electron chi connectivity index (χ0n) is 19.3. The maximum absolute atomic E-state index is 11.6. The minimum Gasteiger partial charge on any atom is -0.497 e. The van der Waals surface area contributed by atoms with E-state index in [1.165, 1.54) is 5.56 Å². The summed E-state index contributed by atoms with van der Waals surface area (Å²) in [4.78, 5) is 11.2. The molecule has 3 aromatic carbocycles. The van der Waals surface area contributed by atoms with Crippen molar-refractivity contribution in [1.29, 1.82) is 0 Å². The van der Waals surface area contributed by atoms with Gasteiger partial charge in [0.05, 0.1) is 12.0 Å². The lowest BCUT2D eigenvalue weighted by molar-refractivity contribution is -0.386. The smallest absolute Gasteiger partial charge is 0.311 e. The number of hydrogen-bond donors (Lipinski definition) is 1. The molecule has 0 aliphatic heterocycles. The number of nitro benzene ring substituents is 1. The first-order valence-corrected chi connectivity index (χ1v) is 11.4. The molecule has 0 aromatic heterocycles. The number of benzene rings is 3. The lowest BCUT2D eigenvalue weighted by atomic mass is 9.94. The zero-order valence-corrected chi connectivity index (χ0v) is 19.3. The van der Waals surface area contributed by atoms with E-state index in [0.717, 1.165) is 42.8 Å². The summed E-state index contributed by atoms with van der Waals surface area (Å²) in [6.45, 7) is 4.08. The summed E-state index contributed by atoms with van der Waals surface area (Å²) in [5, 5.41) is 15.1. The third-order valence-electron chi connectivity index (χ3n) is 5.64. The fourth-order valence-electron chi connectivity index (χ4n) is 3.86. The van der Waals surface area contributed by atoms with E-state index in [0.29, 0.717) is 24.7 Å². The number of nitrogens with zero attached hydrogens (tertiary/aromatic N) is 1. The molecule has 0 amide bonds. The Bertz CT molecular complexity index is 1020. The Morgan fingerprint density at radius 2 is 1.82 bits per heavy atom. The fourth-order valence-corrected chi connectivity index (χ4v) is 3.86. The van der Waals surface area contributed by atoms with Crippen molar-refractivity contribution in [2.24, 2.45) is 0 Å². The summed E-state index contributed by atoms with van der Waals surface area (Å²) in [5.41, 5.74) is 3.15. The van der Waals surface area contributed by atoms with Gasteiger partial charge in [0, 0.05) is 12.6 Å². The highest BCUT2D eigenvalue weighted by Gasteiger charge is 2.16. The van der Waals surface area contributed by atoms with Crippen LogP contribution in [0.15, 0.2) is 72.8 Å². The molecule has 6 heteroatoms. The molecule has 3 aromatic rings. The second-order valence-electron chi connectivity index (χ2n) is 8.05. The Morgan fingerprint density at radius 3 is 2.55 bits per heavy atom. The van der Waals surface area contributed by atoms with Crippen molar-refractivity contribution in [2.75, 3.05) is 20.2 Å². The van der Waals surface area contributed by atoms with Crippen molar-refractivity contribution in [3.05, 3.63) is 99.6 Å². The number of hydrogen-bond acceptors (Lipinski definition) is 5. The quantitative estimate of drug-likeness (QED) is 0.200. The van der Waals surface area contributed by atoms with E-state index in [2.05, 4.69) is 24.4 Å². The first-order chi connectivity index (χ1) is 16.1. The van der Waals surface area contributed by atoms with Gasteiger partial charge in [0.25, 0.3) is 0 Å². The number of rotatable bonds is 13. The summed E-state index contributed by atoms with van der Waals surface area (Å²) in [6, 6.07) is 23.1. The van der Waals surface area contributed by atoms with Crippen LogP contribution in [0.4, 0.5) is 5.69 Å². The Balaban J connectivity index is 1.56. The summed E-state index contributed by atoms with van der Waals surface area (Å²) < 4.78 is 11.1. The van der Waals surface area contributed by atoms with E-state index in [-0.39, 0.29) is 10.6 Å². The van der Waals surface area contributed by atoms with Gasteiger partial charge >= 0.3 is 5.69 Å². The average Bonchev–Trinajstić information content (AvgIpc) is 2.85. The Kier molecular flexibility index (Phi) is 9.27. The first-order valence-electron chi connectivity index (χ1n) is 11.4. The van der Waals surface area contributed by atoms with Crippen LogP contribution in [0.25, 0.3) is 0 Å². The van der Waals surface area contributed by atoms with Gasteiger partial charge in [-0.05, 0) is 60.2 Å². The maximum atomic E-state index is 11.6. The lowest BCUT2D eigenvalue weighted by Crippen LogP contribution is -2.24. The van der Waals surface area contributed by atoms with Gasteiger partial charge in [-0.25, -0.2) is 0 Å². The highest BCUT2D eigenvalue weighted by molar-refractivity contribution is 5.49. The molecule has 33 heavy (non-hydrogen) atoms. The maximum Gasteiger partial charge on any atom is 0.311 e. The van der Waals surface area contributed by atoms with Crippen LogP contribution >= 0.6 is 0 Å². The largest absolute Gasteiger partial charge is 0.497 e. The normalized spacial score (nSPS) is 11.7. The first kappa shape index (κ1) is 24.3. The van der Waals surface area contributed by atoms with Gasteiger partial charge in [0.1, 0.15) is 12.4 Å². The van der Waals surface area contributed by atoms with Crippen LogP contribution in [0, 0.1) is 10.1 Å². The molecule has 0 saturated heterocycles. The minimum atomic E-state index is -0.378. The van der Waals surface area contributed by atoms with Gasteiger partial charge in [0.15, 0.2) is 5.75 Å². The molecule has 0 aliphatic carbocycles. The van der Waals surface area contributed by atoms with Crippen LogP contribution in [0.5, 0.6) is 11.5 Å². The minimum absolute atomic E-state index is 0.00340. The Morgan fingerprint density at radius 1 is 1.00 bits per heavy atom. The van der Waals surface area contributed by atoms with E-state index < -0.39 is 0 Å². The van der Waals surface area contributed by atoms with Crippen molar-refractivity contribution in [1.82, 2.24) is 5.32 Å². The van der Waals surface area contributed by atoms with Crippen LogP contribution < -0.4 is 14.8 Å². The van der Waals surface area contributed by atoms with Crippen molar-refractivity contribution in [2.45, 2.75) is 38.7 Å². The van der Waals surface area contributed by atoms with Crippen molar-refractivity contribution < 1.29 is 14.4 Å². The Labute approximate surface area is 195 Å². The molecule has 0 bridgehead atoms. The molecule has 1 atom stereocenters. The molecule has 6 nitrogen and oxygen atoms in total. The Hall–Kier alpha value is -3.38. The summed E-state index contributed by atoms with van der Waals surface area (Å²) in [6.07, 6.45) is 2.88. The van der Waals surface area contributed by atoms with E-state index in [4.69, 9.17) is 9.47 Å². The number of ether oxygens (including phenoxy) is 2. The molecule has 0 aliphatic rings. The van der Waals surface area contributed by atoms with Crippen molar-refractivity contribution in [3.63, 3.8) is 0 Å². The average molecular weight is 449 g/mol. The molecule has 0 saturated carbocycles. The lowest BCUT2D eigenvalue weighted by Gasteiger charge is -2.18. The molecule has 0 spiro atoms. The van der Waals surface area contributed by atoms with E-state index in [1.54, 1.807) is 19.2 Å². The molecule has 174 valence electrons. The monoisotopic (exact) mass is 448 g/mol. The summed E-state index contributed by atoms with van der Waals surface area (Å²) >= 11 is 0. The van der Waals surface area contributed by atoms with E-state index in [9.17, 15) is 10.1 Å². The molecular formula is C27H32N2O4. The standard InChI is InChI=1S/C27H32N2O4/c1-3-8-24(23-11-7-12-25(18-23)32-2)19-28-16-15-21-13-14-27(26(17-21)29(30)31)33-20-22-9-5-4-6-10-22/h4-7,9-14,17-18,24,28H,3,8,15-16,19-20H2,1-2H3. The van der Waals surface area contributed by atoms with Crippen molar-refractivity contribution >= 4 is 5.69 Å². The van der Waals surface area contributed by atoms with Gasteiger partial charge in [-0.2, -0.15) is 0 Å². The SMILES string of the molecule is CCCC(CNCCc1ccc(OCc2ccccc2)c([N+](=O)[O-])c1)c1cccc(OC)c1. The third-order valence-corrected chi connectivity index (χ3v) is 5.64. The summed E-state index contributed by atoms with van der Waals surface area (Å²) in [5.74, 6) is 1.56. The molecular weight excluding hydrogens is 416 g/mol. The fraction of sp³-hybridized carbons (Fsp3) is 0.333. The van der Waals surface area contributed by atoms with Crippen LogP contribution in [-0.2, 0) is 13.0 Å². The van der Waals surface area contributed by atoms with Crippen LogP contribution in [-0.4, -0.2) is 25.1 Å². The molecule has 3 rings (SSSR count). The van der Waals surface area contributed by atoms with Gasteiger partial charge in [-0.3, -0.25) is 10.1 Å². The van der Waals surface area contributed by atoms with Crippen LogP contribution in [0.2, 0.25) is 0 Å². The number of methoxy groups -OCH3 is 1. The predicted molar refractivity (Wildman–Crippen MR) is 131 cm³/mol.